The van der Waals surface area contributed by atoms with E-state index in [0.717, 1.165) is 12.0 Å². The van der Waals surface area contributed by atoms with Crippen molar-refractivity contribution in [2.75, 3.05) is 5.75 Å². The molecule has 0 amide bonds. The normalized spacial score (nSPS) is 14.9. The van der Waals surface area contributed by atoms with Gasteiger partial charge in [0.1, 0.15) is 0 Å². The molecule has 0 bridgehead atoms. The average Bonchev–Trinajstić information content (AvgIpc) is 2.79. The first-order chi connectivity index (χ1) is 11.1. The maximum Gasteiger partial charge on any atom is 0.335 e. The van der Waals surface area contributed by atoms with Crippen molar-refractivity contribution < 1.29 is 9.90 Å². The summed E-state index contributed by atoms with van der Waals surface area (Å²) in [5.41, 5.74) is 5.25. The quantitative estimate of drug-likeness (QED) is 0.771. The van der Waals surface area contributed by atoms with Gasteiger partial charge in [0.25, 0.3) is 0 Å². The van der Waals surface area contributed by atoms with Gasteiger partial charge in [-0.25, -0.2) is 4.79 Å². The van der Waals surface area contributed by atoms with Gasteiger partial charge in [0.2, 0.25) is 0 Å². The number of aromatic carboxylic acids is 1. The molecule has 23 heavy (non-hydrogen) atoms. The van der Waals surface area contributed by atoms with Crippen LogP contribution in [0.5, 0.6) is 0 Å². The highest BCUT2D eigenvalue weighted by Crippen LogP contribution is 2.31. The lowest BCUT2D eigenvalue weighted by molar-refractivity contribution is 0.0697. The molecule has 0 aromatic heterocycles. The van der Waals surface area contributed by atoms with Crippen molar-refractivity contribution in [3.05, 3.63) is 64.7 Å². The van der Waals surface area contributed by atoms with Crippen LogP contribution < -0.4 is 0 Å². The van der Waals surface area contributed by atoms with Crippen molar-refractivity contribution in [1.82, 2.24) is 0 Å². The summed E-state index contributed by atoms with van der Waals surface area (Å²) in [5, 5.41) is 8.95. The van der Waals surface area contributed by atoms with E-state index in [9.17, 15) is 4.79 Å². The fourth-order valence-corrected chi connectivity index (χ4v) is 3.89. The van der Waals surface area contributed by atoms with Crippen molar-refractivity contribution in [3.63, 3.8) is 0 Å². The number of carbonyl (C=O) groups is 1. The van der Waals surface area contributed by atoms with E-state index in [1.54, 1.807) is 12.1 Å². The number of hydrogen-bond acceptors (Lipinski definition) is 2. The van der Waals surface area contributed by atoms with E-state index in [1.165, 1.54) is 40.2 Å². The number of thioether (sulfide) groups is 1. The molecular formula is C20H20O2S. The molecule has 118 valence electrons. The minimum absolute atomic E-state index is 0.321. The third-order valence-electron chi connectivity index (χ3n) is 4.15. The third-order valence-corrected chi connectivity index (χ3v) is 5.36. The zero-order chi connectivity index (χ0) is 16.2. The summed E-state index contributed by atoms with van der Waals surface area (Å²) >= 11 is 1.96. The molecular weight excluding hydrogens is 304 g/mol. The maximum absolute atomic E-state index is 10.9. The van der Waals surface area contributed by atoms with Crippen LogP contribution in [0.25, 0.3) is 11.6 Å². The highest BCUT2D eigenvalue weighted by Gasteiger charge is 2.09. The Balaban J connectivity index is 1.85. The SMILES string of the molecule is C/C(=C\c1ccc(C(=O)O)cc1)c1ccc2c(c1)CCCCS2. The molecule has 3 heteroatoms. The highest BCUT2D eigenvalue weighted by molar-refractivity contribution is 7.99. The topological polar surface area (TPSA) is 37.3 Å². The van der Waals surface area contributed by atoms with Gasteiger partial charge in [0, 0.05) is 4.90 Å². The lowest BCUT2D eigenvalue weighted by Gasteiger charge is -2.09. The summed E-state index contributed by atoms with van der Waals surface area (Å²) in [5.74, 6) is 0.331. The minimum Gasteiger partial charge on any atom is -0.478 e. The molecule has 1 aliphatic rings. The Morgan fingerprint density at radius 1 is 1.09 bits per heavy atom. The maximum atomic E-state index is 10.9. The van der Waals surface area contributed by atoms with Crippen LogP contribution in [0.4, 0.5) is 0 Å². The van der Waals surface area contributed by atoms with Crippen LogP contribution in [0, 0.1) is 0 Å². The molecule has 0 aliphatic carbocycles. The Kier molecular flexibility index (Phi) is 4.87. The monoisotopic (exact) mass is 324 g/mol. The van der Waals surface area contributed by atoms with E-state index in [1.807, 2.05) is 23.9 Å². The fourth-order valence-electron chi connectivity index (χ4n) is 2.82. The summed E-state index contributed by atoms with van der Waals surface area (Å²) in [6, 6.07) is 13.7. The van der Waals surface area contributed by atoms with Crippen LogP contribution in [-0.2, 0) is 6.42 Å². The van der Waals surface area contributed by atoms with Crippen molar-refractivity contribution in [2.24, 2.45) is 0 Å². The molecule has 0 spiro atoms. The van der Waals surface area contributed by atoms with Crippen LogP contribution in [0.2, 0.25) is 0 Å². The zero-order valence-corrected chi connectivity index (χ0v) is 14.0. The summed E-state index contributed by atoms with van der Waals surface area (Å²) in [7, 11) is 0. The van der Waals surface area contributed by atoms with Gasteiger partial charge in [-0.3, -0.25) is 0 Å². The summed E-state index contributed by atoms with van der Waals surface area (Å²) in [4.78, 5) is 12.3. The number of aryl methyl sites for hydroxylation is 1. The summed E-state index contributed by atoms with van der Waals surface area (Å²) < 4.78 is 0. The smallest absolute Gasteiger partial charge is 0.335 e. The second-order valence-electron chi connectivity index (χ2n) is 5.88. The Morgan fingerprint density at radius 2 is 1.83 bits per heavy atom. The van der Waals surface area contributed by atoms with E-state index in [4.69, 9.17) is 5.11 Å². The number of hydrogen-bond donors (Lipinski definition) is 1. The zero-order valence-electron chi connectivity index (χ0n) is 13.2. The molecule has 0 saturated heterocycles. The number of fused-ring (bicyclic) bond motifs is 1. The molecule has 2 aromatic carbocycles. The Bertz CT molecular complexity index is 745. The predicted octanol–water partition coefficient (Wildman–Crippen LogP) is 5.37. The standard InChI is InChI=1S/C20H20O2S/c1-14(12-15-5-7-16(8-6-15)20(21)22)17-9-10-19-18(13-17)4-2-3-11-23-19/h5-10,12-13H,2-4,11H2,1H3,(H,21,22)/b14-12+. The number of rotatable bonds is 3. The minimum atomic E-state index is -0.888. The van der Waals surface area contributed by atoms with Crippen molar-refractivity contribution >= 4 is 29.4 Å². The Hall–Kier alpha value is -2.00. The number of allylic oxidation sites excluding steroid dienone is 1. The van der Waals surface area contributed by atoms with Crippen LogP contribution in [0.1, 0.15) is 46.8 Å². The van der Waals surface area contributed by atoms with Crippen LogP contribution in [-0.4, -0.2) is 16.8 Å². The molecule has 0 saturated carbocycles. The molecule has 1 heterocycles. The molecule has 0 fully saturated rings. The molecule has 2 aromatic rings. The number of carboxylic acids is 1. The number of benzene rings is 2. The molecule has 0 unspecified atom stereocenters. The van der Waals surface area contributed by atoms with E-state index < -0.39 is 5.97 Å². The summed E-state index contributed by atoms with van der Waals surface area (Å²) in [6.45, 7) is 2.11. The largest absolute Gasteiger partial charge is 0.478 e. The van der Waals surface area contributed by atoms with E-state index in [-0.39, 0.29) is 0 Å². The van der Waals surface area contributed by atoms with Gasteiger partial charge in [0.15, 0.2) is 0 Å². The lowest BCUT2D eigenvalue weighted by Crippen LogP contribution is -1.95. The molecule has 1 N–H and O–H groups in total. The second kappa shape index (κ2) is 7.05. The van der Waals surface area contributed by atoms with Crippen molar-refractivity contribution in [3.8, 4) is 0 Å². The van der Waals surface area contributed by atoms with E-state index in [2.05, 4.69) is 31.2 Å². The first kappa shape index (κ1) is 15.9. The van der Waals surface area contributed by atoms with Gasteiger partial charge in [-0.05, 0) is 72.4 Å². The first-order valence-corrected chi connectivity index (χ1v) is 8.90. The van der Waals surface area contributed by atoms with Gasteiger partial charge in [0.05, 0.1) is 5.56 Å². The van der Waals surface area contributed by atoms with Gasteiger partial charge in [-0.2, -0.15) is 0 Å². The van der Waals surface area contributed by atoms with Gasteiger partial charge in [-0.1, -0.05) is 30.3 Å². The van der Waals surface area contributed by atoms with Crippen molar-refractivity contribution in [1.29, 1.82) is 0 Å². The second-order valence-corrected chi connectivity index (χ2v) is 7.02. The average molecular weight is 324 g/mol. The molecule has 0 atom stereocenters. The van der Waals surface area contributed by atoms with E-state index >= 15 is 0 Å². The molecule has 2 nitrogen and oxygen atoms in total. The van der Waals surface area contributed by atoms with Gasteiger partial charge >= 0.3 is 5.97 Å². The predicted molar refractivity (Wildman–Crippen MR) is 97.1 cm³/mol. The van der Waals surface area contributed by atoms with Gasteiger partial charge < -0.3 is 5.11 Å². The van der Waals surface area contributed by atoms with Crippen molar-refractivity contribution in [2.45, 2.75) is 31.1 Å². The molecule has 3 rings (SSSR count). The Labute approximate surface area is 141 Å². The van der Waals surface area contributed by atoms with Gasteiger partial charge in [-0.15, -0.1) is 11.8 Å². The lowest BCUT2D eigenvalue weighted by atomic mass is 9.99. The molecule has 0 radical (unpaired) electrons. The summed E-state index contributed by atoms with van der Waals surface area (Å²) in [6.07, 6.45) is 5.83. The Morgan fingerprint density at radius 3 is 2.57 bits per heavy atom. The number of carboxylic acid groups (broad SMARTS) is 1. The van der Waals surface area contributed by atoms with Crippen LogP contribution in [0.15, 0.2) is 47.4 Å². The molecule has 1 aliphatic heterocycles. The van der Waals surface area contributed by atoms with Crippen LogP contribution >= 0.6 is 11.8 Å². The fraction of sp³-hybridized carbons (Fsp3) is 0.250. The van der Waals surface area contributed by atoms with E-state index in [0.29, 0.717) is 5.56 Å². The first-order valence-electron chi connectivity index (χ1n) is 7.91. The third kappa shape index (κ3) is 3.85. The van der Waals surface area contributed by atoms with Crippen LogP contribution in [0.3, 0.4) is 0 Å². The highest BCUT2D eigenvalue weighted by atomic mass is 32.2.